The van der Waals surface area contributed by atoms with E-state index < -0.39 is 0 Å². The Kier molecular flexibility index (Phi) is 7.74. The zero-order valence-corrected chi connectivity index (χ0v) is 12.9. The van der Waals surface area contributed by atoms with E-state index in [0.717, 1.165) is 24.3 Å². The summed E-state index contributed by atoms with van der Waals surface area (Å²) in [5.74, 6) is -0.646. The number of amides is 2. The van der Waals surface area contributed by atoms with Crippen LogP contribution in [0, 0.1) is 5.92 Å². The summed E-state index contributed by atoms with van der Waals surface area (Å²) in [4.78, 5) is 35.8. The zero-order valence-electron chi connectivity index (χ0n) is 12.9. The first-order valence-electron chi connectivity index (χ1n) is 7.60. The highest BCUT2D eigenvalue weighted by Crippen LogP contribution is 2.09. The number of hydrogen-bond donors (Lipinski definition) is 3. The van der Waals surface area contributed by atoms with Gasteiger partial charge < -0.3 is 20.3 Å². The summed E-state index contributed by atoms with van der Waals surface area (Å²) in [5.41, 5.74) is 0. The van der Waals surface area contributed by atoms with Crippen molar-refractivity contribution in [3.05, 3.63) is 0 Å². The summed E-state index contributed by atoms with van der Waals surface area (Å²) in [6, 6.07) is 0. The molecule has 1 unspecified atom stereocenters. The molecule has 0 spiro atoms. The summed E-state index contributed by atoms with van der Waals surface area (Å²) in [7, 11) is 0. The number of likely N-dealkylation sites (N-methyl/N-ethyl adjacent to an activating group) is 1. The van der Waals surface area contributed by atoms with Crippen LogP contribution in [0.5, 0.6) is 0 Å². The van der Waals surface area contributed by atoms with E-state index in [1.165, 1.54) is 0 Å². The average Bonchev–Trinajstić information content (AvgIpc) is 2.46. The molecule has 1 saturated heterocycles. The highest BCUT2D eigenvalue weighted by Gasteiger charge is 2.30. The van der Waals surface area contributed by atoms with E-state index in [1.807, 2.05) is 6.92 Å². The summed E-state index contributed by atoms with van der Waals surface area (Å²) >= 11 is 0. The van der Waals surface area contributed by atoms with Gasteiger partial charge in [-0.15, -0.1) is 0 Å². The standard InChI is InChI=1S/C14H25N3O4/c1-3-15-12(18)8-16-13(19)10-17-7-5-6-11(9-17)14(20)21-4-2/h11H,3-10H2,1-2H3,(H,15,18)(H,16,19)/p+1/t11-/m0/s1. The third-order valence-electron chi connectivity index (χ3n) is 3.47. The first-order valence-corrected chi connectivity index (χ1v) is 7.60. The van der Waals surface area contributed by atoms with Gasteiger partial charge in [0.1, 0.15) is 5.92 Å². The minimum Gasteiger partial charge on any atom is -0.466 e. The number of nitrogens with one attached hydrogen (secondary N) is 3. The maximum Gasteiger partial charge on any atom is 0.314 e. The lowest BCUT2D eigenvalue weighted by Crippen LogP contribution is -3.14. The molecule has 7 heteroatoms. The summed E-state index contributed by atoms with van der Waals surface area (Å²) in [5, 5.41) is 5.21. The minimum atomic E-state index is -0.191. The lowest BCUT2D eigenvalue weighted by Gasteiger charge is -2.28. The molecule has 0 bridgehead atoms. The number of rotatable bonds is 7. The number of quaternary nitrogens is 1. The predicted molar refractivity (Wildman–Crippen MR) is 76.6 cm³/mol. The van der Waals surface area contributed by atoms with Gasteiger partial charge in [0.25, 0.3) is 5.91 Å². The smallest absolute Gasteiger partial charge is 0.314 e. The van der Waals surface area contributed by atoms with Crippen molar-refractivity contribution in [2.45, 2.75) is 26.7 Å². The lowest BCUT2D eigenvalue weighted by molar-refractivity contribution is -0.899. The molecule has 7 nitrogen and oxygen atoms in total. The average molecular weight is 300 g/mol. The van der Waals surface area contributed by atoms with Crippen molar-refractivity contribution < 1.29 is 24.0 Å². The van der Waals surface area contributed by atoms with Crippen LogP contribution in [0.15, 0.2) is 0 Å². The van der Waals surface area contributed by atoms with E-state index in [0.29, 0.717) is 19.7 Å². The largest absolute Gasteiger partial charge is 0.466 e. The number of ether oxygens (including phenoxy) is 1. The van der Waals surface area contributed by atoms with Gasteiger partial charge in [-0.25, -0.2) is 0 Å². The van der Waals surface area contributed by atoms with Crippen molar-refractivity contribution in [2.75, 3.05) is 39.3 Å². The molecule has 0 aromatic heterocycles. The van der Waals surface area contributed by atoms with Gasteiger partial charge in [-0.05, 0) is 26.7 Å². The molecule has 21 heavy (non-hydrogen) atoms. The molecule has 1 aliphatic rings. The van der Waals surface area contributed by atoms with E-state index in [9.17, 15) is 14.4 Å². The summed E-state index contributed by atoms with van der Waals surface area (Å²) in [6.45, 7) is 6.33. The highest BCUT2D eigenvalue weighted by atomic mass is 16.5. The fourth-order valence-corrected chi connectivity index (χ4v) is 2.50. The Labute approximate surface area is 125 Å². The normalized spacial score (nSPS) is 21.4. The topological polar surface area (TPSA) is 88.9 Å². The predicted octanol–water partition coefficient (Wildman–Crippen LogP) is -1.90. The fourth-order valence-electron chi connectivity index (χ4n) is 2.50. The molecule has 0 aromatic rings. The molecule has 3 N–H and O–H groups in total. The van der Waals surface area contributed by atoms with Crippen LogP contribution >= 0.6 is 0 Å². The Balaban J connectivity index is 2.31. The highest BCUT2D eigenvalue weighted by molar-refractivity contribution is 5.85. The van der Waals surface area contributed by atoms with E-state index in [1.54, 1.807) is 6.92 Å². The van der Waals surface area contributed by atoms with Gasteiger partial charge in [0, 0.05) is 6.54 Å². The maximum absolute atomic E-state index is 11.8. The van der Waals surface area contributed by atoms with E-state index >= 15 is 0 Å². The second-order valence-corrected chi connectivity index (χ2v) is 5.20. The molecule has 0 aliphatic carbocycles. The first-order chi connectivity index (χ1) is 10.1. The Morgan fingerprint density at radius 2 is 1.95 bits per heavy atom. The van der Waals surface area contributed by atoms with Crippen molar-refractivity contribution >= 4 is 17.8 Å². The lowest BCUT2D eigenvalue weighted by atomic mass is 9.98. The quantitative estimate of drug-likeness (QED) is 0.479. The minimum absolute atomic E-state index is 0.00125. The van der Waals surface area contributed by atoms with Crippen LogP contribution in [0.2, 0.25) is 0 Å². The zero-order chi connectivity index (χ0) is 15.7. The fraction of sp³-hybridized carbons (Fsp3) is 0.786. The second kappa shape index (κ2) is 9.33. The third kappa shape index (κ3) is 6.57. The Hall–Kier alpha value is -1.63. The van der Waals surface area contributed by atoms with E-state index in [4.69, 9.17) is 4.74 Å². The SMILES string of the molecule is CCNC(=O)CNC(=O)C[NH+]1CCC[C@H](C(=O)OCC)C1. The van der Waals surface area contributed by atoms with Crippen LogP contribution in [0.4, 0.5) is 0 Å². The summed E-state index contributed by atoms with van der Waals surface area (Å²) in [6.07, 6.45) is 1.73. The molecule has 0 radical (unpaired) electrons. The van der Waals surface area contributed by atoms with Crippen molar-refractivity contribution in [1.29, 1.82) is 0 Å². The molecule has 1 rings (SSSR count). The second-order valence-electron chi connectivity index (χ2n) is 5.20. The number of piperidine rings is 1. The van der Waals surface area contributed by atoms with Crippen LogP contribution < -0.4 is 15.5 Å². The Bertz CT molecular complexity index is 373. The monoisotopic (exact) mass is 300 g/mol. The third-order valence-corrected chi connectivity index (χ3v) is 3.47. The van der Waals surface area contributed by atoms with Gasteiger partial charge in [-0.2, -0.15) is 0 Å². The molecule has 2 atom stereocenters. The summed E-state index contributed by atoms with van der Waals surface area (Å²) < 4.78 is 5.03. The first kappa shape index (κ1) is 17.4. The molecule has 2 amide bonds. The van der Waals surface area contributed by atoms with Gasteiger partial charge in [0.2, 0.25) is 5.91 Å². The molecule has 0 aromatic carbocycles. The number of hydrogen-bond acceptors (Lipinski definition) is 4. The van der Waals surface area contributed by atoms with Crippen LogP contribution in [0.1, 0.15) is 26.7 Å². The van der Waals surface area contributed by atoms with Gasteiger partial charge >= 0.3 is 5.97 Å². The van der Waals surface area contributed by atoms with Crippen LogP contribution in [-0.2, 0) is 19.1 Å². The molecule has 1 aliphatic heterocycles. The molecule has 0 saturated carbocycles. The van der Waals surface area contributed by atoms with Crippen LogP contribution in [0.25, 0.3) is 0 Å². The van der Waals surface area contributed by atoms with Gasteiger partial charge in [0.15, 0.2) is 6.54 Å². The molecule has 1 fully saturated rings. The number of carbonyl (C=O) groups excluding carboxylic acids is 3. The van der Waals surface area contributed by atoms with Crippen LogP contribution in [-0.4, -0.2) is 57.1 Å². The van der Waals surface area contributed by atoms with Crippen molar-refractivity contribution in [2.24, 2.45) is 5.92 Å². The van der Waals surface area contributed by atoms with Crippen molar-refractivity contribution in [3.8, 4) is 0 Å². The van der Waals surface area contributed by atoms with E-state index in [-0.39, 0.29) is 36.8 Å². The van der Waals surface area contributed by atoms with Crippen LogP contribution in [0.3, 0.4) is 0 Å². The van der Waals surface area contributed by atoms with Gasteiger partial charge in [0.05, 0.1) is 26.2 Å². The van der Waals surface area contributed by atoms with Gasteiger partial charge in [-0.3, -0.25) is 14.4 Å². The van der Waals surface area contributed by atoms with Crippen molar-refractivity contribution in [3.63, 3.8) is 0 Å². The molecular formula is C14H26N3O4+. The number of carbonyl (C=O) groups is 3. The van der Waals surface area contributed by atoms with Gasteiger partial charge in [-0.1, -0.05) is 0 Å². The molecular weight excluding hydrogens is 274 g/mol. The van der Waals surface area contributed by atoms with E-state index in [2.05, 4.69) is 10.6 Å². The Morgan fingerprint density at radius 3 is 2.62 bits per heavy atom. The Morgan fingerprint density at radius 1 is 1.19 bits per heavy atom. The molecule has 120 valence electrons. The molecule has 1 heterocycles. The number of esters is 1. The number of likely N-dealkylation sites (tertiary alicyclic amines) is 1. The maximum atomic E-state index is 11.8. The van der Waals surface area contributed by atoms with Crippen molar-refractivity contribution in [1.82, 2.24) is 10.6 Å².